The molecule has 0 atom stereocenters. The molecule has 5 nitrogen and oxygen atoms in total. The van der Waals surface area contributed by atoms with Gasteiger partial charge in [-0.05, 0) is 36.4 Å². The lowest BCUT2D eigenvalue weighted by molar-refractivity contribution is -0.119. The molecule has 1 aromatic carbocycles. The lowest BCUT2D eigenvalue weighted by atomic mass is 10.2. The van der Waals surface area contributed by atoms with Crippen LogP contribution in [0.3, 0.4) is 0 Å². The molecular formula is C19H21N3O2S2. The molecule has 0 aliphatic rings. The van der Waals surface area contributed by atoms with Crippen LogP contribution in [0.5, 0.6) is 0 Å². The summed E-state index contributed by atoms with van der Waals surface area (Å²) < 4.78 is 1.59. The van der Waals surface area contributed by atoms with Gasteiger partial charge >= 0.3 is 0 Å². The third-order valence-corrected chi connectivity index (χ3v) is 5.91. The molecule has 26 heavy (non-hydrogen) atoms. The van der Waals surface area contributed by atoms with E-state index in [4.69, 9.17) is 0 Å². The van der Waals surface area contributed by atoms with E-state index in [1.165, 1.54) is 23.1 Å². The van der Waals surface area contributed by atoms with Crippen LogP contribution in [-0.2, 0) is 4.79 Å². The molecule has 7 heteroatoms. The summed E-state index contributed by atoms with van der Waals surface area (Å²) in [5.74, 6) is 0.191. The zero-order valence-electron chi connectivity index (χ0n) is 14.8. The van der Waals surface area contributed by atoms with E-state index < -0.39 is 0 Å². The van der Waals surface area contributed by atoms with Crippen LogP contribution in [-0.4, -0.2) is 27.3 Å². The average Bonchev–Trinajstić information content (AvgIpc) is 3.14. The molecule has 2 heterocycles. The molecule has 0 aliphatic heterocycles. The Balaban J connectivity index is 1.92. The summed E-state index contributed by atoms with van der Waals surface area (Å²) in [7, 11) is 0. The number of fused-ring (bicyclic) bond motifs is 1. The van der Waals surface area contributed by atoms with E-state index in [2.05, 4.69) is 24.1 Å². The Morgan fingerprint density at radius 3 is 2.65 bits per heavy atom. The Morgan fingerprint density at radius 2 is 1.96 bits per heavy atom. The molecule has 0 saturated heterocycles. The van der Waals surface area contributed by atoms with E-state index in [9.17, 15) is 9.59 Å². The molecule has 0 spiro atoms. The number of nitrogens with zero attached hydrogens (tertiary/aromatic N) is 2. The second-order valence-electron chi connectivity index (χ2n) is 5.88. The minimum atomic E-state index is -0.106. The van der Waals surface area contributed by atoms with Crippen molar-refractivity contribution >= 4 is 39.2 Å². The Morgan fingerprint density at radius 1 is 1.23 bits per heavy atom. The number of hydrogen-bond donors (Lipinski definition) is 1. The minimum absolute atomic E-state index is 0.0381. The average molecular weight is 388 g/mol. The number of thioether (sulfide) groups is 1. The maximum Gasteiger partial charge on any atom is 0.267 e. The number of hydrogen-bond acceptors (Lipinski definition) is 5. The molecular weight excluding hydrogens is 366 g/mol. The molecule has 0 aliphatic carbocycles. The van der Waals surface area contributed by atoms with Gasteiger partial charge in [0.1, 0.15) is 4.83 Å². The monoisotopic (exact) mass is 387 g/mol. The standard InChI is InChI=1S/C19H21N3O2S2/c1-3-13(4-2)20-16(23)12-26-19-21-17-15(10-11-25-17)18(24)22(19)14-8-6-5-7-9-14/h5-11,13H,3-4,12H2,1-2H3,(H,20,23). The molecule has 1 N–H and O–H groups in total. The highest BCUT2D eigenvalue weighted by Crippen LogP contribution is 2.23. The van der Waals surface area contributed by atoms with Crippen molar-refractivity contribution in [3.63, 3.8) is 0 Å². The van der Waals surface area contributed by atoms with E-state index in [-0.39, 0.29) is 23.3 Å². The van der Waals surface area contributed by atoms with Crippen LogP contribution in [0.4, 0.5) is 0 Å². The van der Waals surface area contributed by atoms with Gasteiger partial charge in [-0.2, -0.15) is 0 Å². The van der Waals surface area contributed by atoms with E-state index >= 15 is 0 Å². The Labute approximate surface area is 160 Å². The lowest BCUT2D eigenvalue weighted by Gasteiger charge is -2.15. The van der Waals surface area contributed by atoms with Crippen LogP contribution < -0.4 is 10.9 Å². The summed E-state index contributed by atoms with van der Waals surface area (Å²) in [6.07, 6.45) is 1.81. The van der Waals surface area contributed by atoms with Crippen LogP contribution in [0.2, 0.25) is 0 Å². The number of thiophene rings is 1. The molecule has 3 aromatic rings. The highest BCUT2D eigenvalue weighted by Gasteiger charge is 2.16. The van der Waals surface area contributed by atoms with Gasteiger partial charge in [0, 0.05) is 6.04 Å². The first kappa shape index (κ1) is 18.7. The molecule has 0 saturated carbocycles. The van der Waals surface area contributed by atoms with Gasteiger partial charge in [0.2, 0.25) is 5.91 Å². The van der Waals surface area contributed by atoms with Crippen molar-refractivity contribution in [2.24, 2.45) is 0 Å². The third-order valence-electron chi connectivity index (χ3n) is 4.16. The fourth-order valence-electron chi connectivity index (χ4n) is 2.69. The van der Waals surface area contributed by atoms with Crippen molar-refractivity contribution in [2.45, 2.75) is 37.9 Å². The second kappa shape index (κ2) is 8.51. The van der Waals surface area contributed by atoms with Crippen LogP contribution in [0.1, 0.15) is 26.7 Å². The van der Waals surface area contributed by atoms with Gasteiger partial charge in [-0.25, -0.2) is 4.98 Å². The maximum atomic E-state index is 12.9. The summed E-state index contributed by atoms with van der Waals surface area (Å²) in [4.78, 5) is 30.5. The van der Waals surface area contributed by atoms with E-state index in [0.29, 0.717) is 15.4 Å². The van der Waals surface area contributed by atoms with Crippen LogP contribution >= 0.6 is 23.1 Å². The number of carbonyl (C=O) groups is 1. The first-order valence-corrected chi connectivity index (χ1v) is 10.5. The van der Waals surface area contributed by atoms with E-state index in [1.54, 1.807) is 10.6 Å². The number of rotatable bonds is 7. The fourth-order valence-corrected chi connectivity index (χ4v) is 4.32. The summed E-state index contributed by atoms with van der Waals surface area (Å²) in [6, 6.07) is 11.4. The summed E-state index contributed by atoms with van der Waals surface area (Å²) in [5.41, 5.74) is 0.645. The molecule has 0 bridgehead atoms. The fraction of sp³-hybridized carbons (Fsp3) is 0.316. The minimum Gasteiger partial charge on any atom is -0.353 e. The molecule has 136 valence electrons. The molecule has 0 unspecified atom stereocenters. The number of carbonyl (C=O) groups excluding carboxylic acids is 1. The van der Waals surface area contributed by atoms with Gasteiger partial charge in [0.25, 0.3) is 5.56 Å². The summed E-state index contributed by atoms with van der Waals surface area (Å²) in [6.45, 7) is 4.11. The number of benzene rings is 1. The van der Waals surface area contributed by atoms with Gasteiger partial charge in [0.15, 0.2) is 5.16 Å². The zero-order chi connectivity index (χ0) is 18.5. The molecule has 0 fully saturated rings. The smallest absolute Gasteiger partial charge is 0.267 e. The van der Waals surface area contributed by atoms with Gasteiger partial charge < -0.3 is 5.32 Å². The van der Waals surface area contributed by atoms with Crippen molar-refractivity contribution in [1.82, 2.24) is 14.9 Å². The maximum absolute atomic E-state index is 12.9. The highest BCUT2D eigenvalue weighted by atomic mass is 32.2. The molecule has 2 aromatic heterocycles. The van der Waals surface area contributed by atoms with Crippen molar-refractivity contribution in [2.75, 3.05) is 5.75 Å². The molecule has 1 amide bonds. The Bertz CT molecular complexity index is 946. The van der Waals surface area contributed by atoms with Gasteiger partial charge in [0.05, 0.1) is 16.8 Å². The third kappa shape index (κ3) is 3.99. The largest absolute Gasteiger partial charge is 0.353 e. The van der Waals surface area contributed by atoms with Crippen LogP contribution in [0, 0.1) is 0 Å². The van der Waals surface area contributed by atoms with Gasteiger partial charge in [-0.3, -0.25) is 14.2 Å². The molecule has 3 rings (SSSR count). The summed E-state index contributed by atoms with van der Waals surface area (Å²) in [5, 5.41) is 6.02. The summed E-state index contributed by atoms with van der Waals surface area (Å²) >= 11 is 2.73. The van der Waals surface area contributed by atoms with Crippen molar-refractivity contribution in [3.8, 4) is 5.69 Å². The van der Waals surface area contributed by atoms with Crippen molar-refractivity contribution in [3.05, 3.63) is 52.1 Å². The van der Waals surface area contributed by atoms with E-state index in [1.807, 2.05) is 35.7 Å². The SMILES string of the molecule is CCC(CC)NC(=O)CSc1nc2sccc2c(=O)n1-c1ccccc1. The number of aromatic nitrogens is 2. The lowest BCUT2D eigenvalue weighted by Crippen LogP contribution is -2.35. The number of amides is 1. The first-order chi connectivity index (χ1) is 12.6. The van der Waals surface area contributed by atoms with Crippen LogP contribution in [0.15, 0.2) is 51.7 Å². The highest BCUT2D eigenvalue weighted by molar-refractivity contribution is 7.99. The molecule has 0 radical (unpaired) electrons. The Hall–Kier alpha value is -2.12. The van der Waals surface area contributed by atoms with E-state index in [0.717, 1.165) is 18.5 Å². The number of nitrogens with one attached hydrogen (secondary N) is 1. The first-order valence-electron chi connectivity index (χ1n) is 8.61. The quantitative estimate of drug-likeness (QED) is 0.494. The normalized spacial score (nSPS) is 11.2. The zero-order valence-corrected chi connectivity index (χ0v) is 16.4. The predicted octanol–water partition coefficient (Wildman–Crippen LogP) is 3.84. The second-order valence-corrected chi connectivity index (χ2v) is 7.72. The van der Waals surface area contributed by atoms with Crippen molar-refractivity contribution < 1.29 is 4.79 Å². The topological polar surface area (TPSA) is 64.0 Å². The van der Waals surface area contributed by atoms with Gasteiger partial charge in [-0.15, -0.1) is 11.3 Å². The van der Waals surface area contributed by atoms with Crippen LogP contribution in [0.25, 0.3) is 15.9 Å². The predicted molar refractivity (Wildman–Crippen MR) is 108 cm³/mol. The van der Waals surface area contributed by atoms with Gasteiger partial charge in [-0.1, -0.05) is 43.8 Å². The number of para-hydroxylation sites is 1. The van der Waals surface area contributed by atoms with Crippen molar-refractivity contribution in [1.29, 1.82) is 0 Å². The Kier molecular flexibility index (Phi) is 6.11.